The molecule has 2 aromatic carbocycles. The van der Waals surface area contributed by atoms with Gasteiger partial charge in [-0.1, -0.05) is 12.1 Å². The molecule has 6 rings (SSSR count). The van der Waals surface area contributed by atoms with Crippen molar-refractivity contribution in [3.63, 3.8) is 0 Å². The average molecular weight is 411 g/mol. The Kier molecular flexibility index (Phi) is 4.04. The number of H-pyrrole nitrogens is 1. The zero-order valence-electron chi connectivity index (χ0n) is 17.3. The summed E-state index contributed by atoms with van der Waals surface area (Å²) >= 11 is 0. The molecular formula is C24H23N6O+. The van der Waals surface area contributed by atoms with Crippen LogP contribution in [0, 0.1) is 0 Å². The number of ether oxygens (including phenoxy) is 1. The van der Waals surface area contributed by atoms with Gasteiger partial charge in [0.15, 0.2) is 5.69 Å². The summed E-state index contributed by atoms with van der Waals surface area (Å²) in [6.45, 7) is 2.16. The summed E-state index contributed by atoms with van der Waals surface area (Å²) in [4.78, 5) is 11.7. The summed E-state index contributed by atoms with van der Waals surface area (Å²) < 4.78 is 6.19. The summed E-state index contributed by atoms with van der Waals surface area (Å²) in [6.07, 6.45) is 12.2. The Morgan fingerprint density at radius 2 is 2.00 bits per heavy atom. The number of amidine groups is 1. The third-order valence-corrected chi connectivity index (χ3v) is 6.31. The van der Waals surface area contributed by atoms with Crippen LogP contribution in [0.4, 0.5) is 11.4 Å². The molecule has 4 heterocycles. The van der Waals surface area contributed by atoms with E-state index < -0.39 is 0 Å². The number of rotatable bonds is 4. The van der Waals surface area contributed by atoms with Crippen molar-refractivity contribution in [1.82, 2.24) is 14.7 Å². The van der Waals surface area contributed by atoms with Gasteiger partial charge in [0.05, 0.1) is 30.7 Å². The van der Waals surface area contributed by atoms with Gasteiger partial charge in [-0.05, 0) is 25.0 Å². The van der Waals surface area contributed by atoms with E-state index in [4.69, 9.17) is 9.73 Å². The highest BCUT2D eigenvalue weighted by atomic mass is 16.5. The SMILES string of the molecule is COc1cc([N+]23C=CN=C2C=NC(c2ccc4cn[nH]c4c2)=C3)ccc1N1CCCC1. The van der Waals surface area contributed by atoms with Gasteiger partial charge in [0.1, 0.15) is 30.1 Å². The van der Waals surface area contributed by atoms with Crippen molar-refractivity contribution in [3.8, 4) is 5.75 Å². The molecule has 154 valence electrons. The number of nitrogens with zero attached hydrogens (tertiary/aromatic N) is 5. The van der Waals surface area contributed by atoms with Gasteiger partial charge in [-0.15, -0.1) is 0 Å². The summed E-state index contributed by atoms with van der Waals surface area (Å²) in [7, 11) is 1.74. The molecule has 7 heteroatoms. The van der Waals surface area contributed by atoms with Crippen LogP contribution in [0.1, 0.15) is 18.4 Å². The molecule has 0 saturated carbocycles. The molecule has 0 radical (unpaired) electrons. The van der Waals surface area contributed by atoms with Crippen LogP contribution in [0.25, 0.3) is 16.6 Å². The molecule has 0 aliphatic carbocycles. The average Bonchev–Trinajstić information content (AvgIpc) is 3.58. The van der Waals surface area contributed by atoms with Crippen LogP contribution in [0.15, 0.2) is 71.2 Å². The van der Waals surface area contributed by atoms with Gasteiger partial charge in [0.2, 0.25) is 0 Å². The first-order valence-corrected chi connectivity index (χ1v) is 10.6. The van der Waals surface area contributed by atoms with Crippen molar-refractivity contribution in [2.45, 2.75) is 12.8 Å². The second-order valence-electron chi connectivity index (χ2n) is 8.06. The topological polar surface area (TPSA) is 65.9 Å². The third kappa shape index (κ3) is 2.81. The fourth-order valence-electron chi connectivity index (χ4n) is 4.63. The second-order valence-corrected chi connectivity index (χ2v) is 8.06. The van der Waals surface area contributed by atoms with Crippen LogP contribution in [0.2, 0.25) is 0 Å². The molecule has 3 aliphatic rings. The Hall–Kier alpha value is -3.71. The molecule has 1 saturated heterocycles. The van der Waals surface area contributed by atoms with Crippen molar-refractivity contribution in [3.05, 3.63) is 66.8 Å². The summed E-state index contributed by atoms with van der Waals surface area (Å²) in [5.74, 6) is 1.75. The van der Waals surface area contributed by atoms with Crippen LogP contribution in [-0.4, -0.2) is 42.4 Å². The molecule has 1 aromatic heterocycles. The Labute approximate surface area is 180 Å². The van der Waals surface area contributed by atoms with E-state index in [0.717, 1.165) is 58.2 Å². The van der Waals surface area contributed by atoms with Gasteiger partial charge >= 0.3 is 0 Å². The van der Waals surface area contributed by atoms with E-state index in [2.05, 4.69) is 68.9 Å². The molecule has 0 amide bonds. The summed E-state index contributed by atoms with van der Waals surface area (Å²) in [6, 6.07) is 12.7. The number of hydrogen-bond donors (Lipinski definition) is 1. The standard InChI is InChI=1S/C24H23N6O/c1-31-23-13-19(6-7-22(23)29-9-2-3-10-29)30-11-8-25-24(30)15-26-21(16-30)17-4-5-18-14-27-28-20(18)12-17/h4-8,11-16H,2-3,9-10H2,1H3,(H,27,28)/q+1. The van der Waals surface area contributed by atoms with E-state index in [-0.39, 0.29) is 0 Å². The summed E-state index contributed by atoms with van der Waals surface area (Å²) in [5, 5.41) is 8.25. The molecular weight excluding hydrogens is 388 g/mol. The highest BCUT2D eigenvalue weighted by Gasteiger charge is 2.40. The molecule has 0 spiro atoms. The van der Waals surface area contributed by atoms with Crippen molar-refractivity contribution in [1.29, 1.82) is 0 Å². The summed E-state index contributed by atoms with van der Waals surface area (Å²) in [5.41, 5.74) is 5.14. The predicted octanol–water partition coefficient (Wildman–Crippen LogP) is 4.45. The first-order chi connectivity index (χ1) is 15.3. The van der Waals surface area contributed by atoms with Gasteiger partial charge in [-0.3, -0.25) is 5.10 Å². The van der Waals surface area contributed by atoms with Crippen molar-refractivity contribution >= 4 is 40.0 Å². The number of aliphatic imine (C=N–C) groups is 2. The maximum absolute atomic E-state index is 5.80. The fourth-order valence-corrected chi connectivity index (χ4v) is 4.63. The third-order valence-electron chi connectivity index (χ3n) is 6.31. The molecule has 3 aromatic rings. The van der Waals surface area contributed by atoms with Gasteiger partial charge < -0.3 is 9.64 Å². The fraction of sp³-hybridized carbons (Fsp3) is 0.208. The van der Waals surface area contributed by atoms with Crippen molar-refractivity contribution in [2.75, 3.05) is 25.1 Å². The molecule has 1 atom stereocenters. The lowest BCUT2D eigenvalue weighted by Crippen LogP contribution is -2.45. The largest absolute Gasteiger partial charge is 0.494 e. The van der Waals surface area contributed by atoms with Crippen LogP contribution < -0.4 is 14.1 Å². The zero-order valence-corrected chi connectivity index (χ0v) is 17.3. The normalized spacial score (nSPS) is 22.0. The minimum Gasteiger partial charge on any atom is -0.494 e. The van der Waals surface area contributed by atoms with Crippen LogP contribution >= 0.6 is 0 Å². The molecule has 0 bridgehead atoms. The minimum absolute atomic E-state index is 0.385. The quantitative estimate of drug-likeness (QED) is 0.645. The van der Waals surface area contributed by atoms with Crippen LogP contribution in [0.5, 0.6) is 5.75 Å². The number of quaternary nitrogens is 1. The Balaban J connectivity index is 1.45. The van der Waals surface area contributed by atoms with Gasteiger partial charge in [0.25, 0.3) is 5.84 Å². The first kappa shape index (κ1) is 18.1. The molecule has 1 N–H and O–H groups in total. The smallest absolute Gasteiger partial charge is 0.261 e. The molecule has 3 aliphatic heterocycles. The number of benzene rings is 2. The molecule has 1 unspecified atom stereocenters. The van der Waals surface area contributed by atoms with E-state index in [1.165, 1.54) is 12.8 Å². The lowest BCUT2D eigenvalue weighted by Gasteiger charge is -2.30. The zero-order chi connectivity index (χ0) is 20.8. The van der Waals surface area contributed by atoms with Crippen molar-refractivity contribution in [2.24, 2.45) is 9.98 Å². The van der Waals surface area contributed by atoms with Crippen LogP contribution in [0.3, 0.4) is 0 Å². The lowest BCUT2D eigenvalue weighted by molar-refractivity contribution is 0.414. The maximum Gasteiger partial charge on any atom is 0.261 e. The number of fused-ring (bicyclic) bond motifs is 2. The van der Waals surface area contributed by atoms with E-state index in [9.17, 15) is 0 Å². The molecule has 1 fully saturated rings. The minimum atomic E-state index is 0.385. The number of anilines is 1. The highest BCUT2D eigenvalue weighted by Crippen LogP contribution is 2.40. The van der Waals surface area contributed by atoms with Crippen LogP contribution in [-0.2, 0) is 0 Å². The first-order valence-electron chi connectivity index (χ1n) is 10.6. The number of hydrogen-bond acceptors (Lipinski definition) is 5. The van der Waals surface area contributed by atoms with E-state index in [1.54, 1.807) is 7.11 Å². The predicted molar refractivity (Wildman–Crippen MR) is 125 cm³/mol. The monoisotopic (exact) mass is 411 g/mol. The van der Waals surface area contributed by atoms with Crippen molar-refractivity contribution < 1.29 is 4.74 Å². The van der Waals surface area contributed by atoms with Gasteiger partial charge in [-0.2, -0.15) is 14.6 Å². The molecule has 7 nitrogen and oxygen atoms in total. The number of nitrogens with one attached hydrogen (secondary N) is 1. The van der Waals surface area contributed by atoms with Gasteiger partial charge in [0, 0.05) is 36.2 Å². The number of methoxy groups -OCH3 is 1. The lowest BCUT2D eigenvalue weighted by atomic mass is 10.1. The number of aromatic nitrogens is 2. The highest BCUT2D eigenvalue weighted by molar-refractivity contribution is 6.37. The van der Waals surface area contributed by atoms with E-state index in [0.29, 0.717) is 4.48 Å². The van der Waals surface area contributed by atoms with E-state index in [1.807, 2.05) is 18.6 Å². The Bertz CT molecular complexity index is 1290. The van der Waals surface area contributed by atoms with E-state index >= 15 is 0 Å². The number of aromatic amines is 1. The maximum atomic E-state index is 5.80. The molecule has 31 heavy (non-hydrogen) atoms. The van der Waals surface area contributed by atoms with Gasteiger partial charge in [-0.25, -0.2) is 4.99 Å². The Morgan fingerprint density at radius 1 is 1.10 bits per heavy atom. The Morgan fingerprint density at radius 3 is 2.87 bits per heavy atom. The second kappa shape index (κ2) is 6.92.